The molecule has 0 amide bonds. The van der Waals surface area contributed by atoms with E-state index in [1.165, 1.54) is 5.56 Å². The lowest BCUT2D eigenvalue weighted by Gasteiger charge is -2.21. The number of halogens is 2. The molecular weight excluding hydrogens is 365 g/mol. The van der Waals surface area contributed by atoms with Gasteiger partial charge in [-0.1, -0.05) is 66.5 Å². The first-order chi connectivity index (χ1) is 11.8. The monoisotopic (exact) mass is 383 g/mol. The molecule has 2 aromatic carbocycles. The summed E-state index contributed by atoms with van der Waals surface area (Å²) in [4.78, 5) is 20.6. The summed E-state index contributed by atoms with van der Waals surface area (Å²) in [5.74, 6) is -3.65. The minimum atomic E-state index is -1.82. The summed E-state index contributed by atoms with van der Waals surface area (Å²) in [6.07, 6.45) is 0. The maximum absolute atomic E-state index is 9.10. The van der Waals surface area contributed by atoms with Crippen molar-refractivity contribution >= 4 is 35.1 Å². The average molecular weight is 384 g/mol. The third-order valence-corrected chi connectivity index (χ3v) is 3.88. The molecule has 25 heavy (non-hydrogen) atoms. The Kier molecular flexibility index (Phi) is 8.99. The maximum Gasteiger partial charge on any atom is 0.414 e. The third kappa shape index (κ3) is 8.03. The molecule has 0 aromatic heterocycles. The molecule has 0 aliphatic heterocycles. The van der Waals surface area contributed by atoms with Crippen molar-refractivity contribution in [1.82, 2.24) is 4.90 Å². The quantitative estimate of drug-likeness (QED) is 0.757. The van der Waals surface area contributed by atoms with Crippen molar-refractivity contribution in [1.29, 1.82) is 0 Å². The Morgan fingerprint density at radius 1 is 0.960 bits per heavy atom. The maximum atomic E-state index is 9.10. The summed E-state index contributed by atoms with van der Waals surface area (Å²) in [6, 6.07) is 16.2. The van der Waals surface area contributed by atoms with E-state index in [9.17, 15) is 0 Å². The summed E-state index contributed by atoms with van der Waals surface area (Å²) in [6.45, 7) is 4.90. The fourth-order valence-corrected chi connectivity index (χ4v) is 2.48. The van der Waals surface area contributed by atoms with Gasteiger partial charge in [0, 0.05) is 23.1 Å². The molecule has 7 heteroatoms. The number of carboxylic acids is 2. The largest absolute Gasteiger partial charge is 0.473 e. The van der Waals surface area contributed by atoms with Crippen LogP contribution in [0.15, 0.2) is 48.5 Å². The van der Waals surface area contributed by atoms with Gasteiger partial charge in [-0.3, -0.25) is 4.90 Å². The zero-order valence-electron chi connectivity index (χ0n) is 13.7. The second kappa shape index (κ2) is 10.7. The lowest BCUT2D eigenvalue weighted by Crippen LogP contribution is -2.22. The molecule has 2 N–H and O–H groups in total. The minimum Gasteiger partial charge on any atom is -0.473 e. The predicted octanol–water partition coefficient (Wildman–Crippen LogP) is 4.17. The van der Waals surface area contributed by atoms with Crippen LogP contribution < -0.4 is 0 Å². The van der Waals surface area contributed by atoms with Gasteiger partial charge in [-0.25, -0.2) is 9.59 Å². The molecule has 0 fully saturated rings. The van der Waals surface area contributed by atoms with Crippen LogP contribution in [0.4, 0.5) is 0 Å². The van der Waals surface area contributed by atoms with Crippen LogP contribution in [0.3, 0.4) is 0 Å². The number of benzene rings is 2. The highest BCUT2D eigenvalue weighted by molar-refractivity contribution is 6.35. The molecule has 0 aliphatic rings. The Bertz CT molecular complexity index is 695. The average Bonchev–Trinajstić information content (AvgIpc) is 2.58. The topological polar surface area (TPSA) is 77.8 Å². The highest BCUT2D eigenvalue weighted by Crippen LogP contribution is 2.22. The van der Waals surface area contributed by atoms with Gasteiger partial charge in [0.2, 0.25) is 0 Å². The van der Waals surface area contributed by atoms with Gasteiger partial charge in [-0.15, -0.1) is 0 Å². The molecule has 0 spiro atoms. The molecule has 0 unspecified atom stereocenters. The fraction of sp³-hybridized carbons (Fsp3) is 0.222. The zero-order chi connectivity index (χ0) is 18.8. The van der Waals surface area contributed by atoms with E-state index >= 15 is 0 Å². The number of hydrogen-bond acceptors (Lipinski definition) is 3. The lowest BCUT2D eigenvalue weighted by atomic mass is 10.1. The molecule has 2 rings (SSSR count). The van der Waals surface area contributed by atoms with Crippen molar-refractivity contribution in [2.75, 3.05) is 6.54 Å². The van der Waals surface area contributed by atoms with Crippen molar-refractivity contribution < 1.29 is 19.8 Å². The van der Waals surface area contributed by atoms with Gasteiger partial charge in [-0.05, 0) is 29.8 Å². The van der Waals surface area contributed by atoms with Crippen LogP contribution in [-0.2, 0) is 22.7 Å². The Hall–Kier alpha value is -2.08. The normalized spacial score (nSPS) is 10.1. The zero-order valence-corrected chi connectivity index (χ0v) is 15.2. The number of rotatable bonds is 5. The van der Waals surface area contributed by atoms with Gasteiger partial charge in [0.1, 0.15) is 0 Å². The van der Waals surface area contributed by atoms with Crippen LogP contribution in [-0.4, -0.2) is 33.6 Å². The lowest BCUT2D eigenvalue weighted by molar-refractivity contribution is -0.159. The Morgan fingerprint density at radius 3 is 2.04 bits per heavy atom. The molecule has 5 nitrogen and oxygen atoms in total. The van der Waals surface area contributed by atoms with Gasteiger partial charge < -0.3 is 10.2 Å². The Morgan fingerprint density at radius 2 is 1.56 bits per heavy atom. The fourth-order valence-electron chi connectivity index (χ4n) is 2.01. The van der Waals surface area contributed by atoms with Crippen LogP contribution in [0.25, 0.3) is 0 Å². The second-order valence-corrected chi connectivity index (χ2v) is 5.98. The van der Waals surface area contributed by atoms with Crippen molar-refractivity contribution in [2.24, 2.45) is 0 Å². The molecule has 2 aromatic rings. The first-order valence-electron chi connectivity index (χ1n) is 7.50. The molecular formula is C18H19Cl2NO4. The first kappa shape index (κ1) is 21.0. The van der Waals surface area contributed by atoms with Crippen molar-refractivity contribution in [3.63, 3.8) is 0 Å². The molecule has 0 saturated carbocycles. The number of hydrogen-bond donors (Lipinski definition) is 2. The second-order valence-electron chi connectivity index (χ2n) is 5.13. The molecule has 0 heterocycles. The summed E-state index contributed by atoms with van der Waals surface area (Å²) in [7, 11) is 0. The molecule has 134 valence electrons. The van der Waals surface area contributed by atoms with E-state index in [2.05, 4.69) is 36.1 Å². The molecule has 0 saturated heterocycles. The van der Waals surface area contributed by atoms with Crippen LogP contribution in [0.5, 0.6) is 0 Å². The van der Waals surface area contributed by atoms with E-state index in [1.807, 2.05) is 18.2 Å². The van der Waals surface area contributed by atoms with Crippen LogP contribution in [0.2, 0.25) is 10.0 Å². The summed E-state index contributed by atoms with van der Waals surface area (Å²) >= 11 is 12.1. The number of carboxylic acid groups (broad SMARTS) is 2. The SMILES string of the molecule is CCN(Cc1ccccc1)Cc1ccc(Cl)cc1Cl.O=C(O)C(=O)O. The summed E-state index contributed by atoms with van der Waals surface area (Å²) < 4.78 is 0. The van der Waals surface area contributed by atoms with Crippen LogP contribution >= 0.6 is 23.2 Å². The van der Waals surface area contributed by atoms with E-state index in [0.717, 1.165) is 30.2 Å². The van der Waals surface area contributed by atoms with E-state index in [0.29, 0.717) is 5.02 Å². The molecule has 0 atom stereocenters. The summed E-state index contributed by atoms with van der Waals surface area (Å²) in [5, 5.41) is 16.2. The number of carbonyl (C=O) groups is 2. The smallest absolute Gasteiger partial charge is 0.414 e. The third-order valence-electron chi connectivity index (χ3n) is 3.29. The molecule has 0 aliphatic carbocycles. The summed E-state index contributed by atoms with van der Waals surface area (Å²) in [5.41, 5.74) is 2.43. The predicted molar refractivity (Wildman–Crippen MR) is 98.0 cm³/mol. The van der Waals surface area contributed by atoms with E-state index in [4.69, 9.17) is 43.0 Å². The van der Waals surface area contributed by atoms with Gasteiger partial charge in [-0.2, -0.15) is 0 Å². The van der Waals surface area contributed by atoms with E-state index in [-0.39, 0.29) is 0 Å². The number of aliphatic carboxylic acids is 2. The van der Waals surface area contributed by atoms with Gasteiger partial charge in [0.05, 0.1) is 0 Å². The standard InChI is InChI=1S/C16H17Cl2N.C2H2O4/c1-2-19(11-13-6-4-3-5-7-13)12-14-8-9-15(17)10-16(14)18;3-1(4)2(5)6/h3-10H,2,11-12H2,1H3;(H,3,4)(H,5,6). The highest BCUT2D eigenvalue weighted by atomic mass is 35.5. The van der Waals surface area contributed by atoms with E-state index < -0.39 is 11.9 Å². The Labute approximate surface area is 156 Å². The Balaban J connectivity index is 0.000000450. The van der Waals surface area contributed by atoms with Gasteiger partial charge in [0.15, 0.2) is 0 Å². The van der Waals surface area contributed by atoms with E-state index in [1.54, 1.807) is 6.07 Å². The minimum absolute atomic E-state index is 0.680. The van der Waals surface area contributed by atoms with Crippen molar-refractivity contribution in [2.45, 2.75) is 20.0 Å². The van der Waals surface area contributed by atoms with Crippen LogP contribution in [0, 0.1) is 0 Å². The van der Waals surface area contributed by atoms with Gasteiger partial charge in [0.25, 0.3) is 0 Å². The molecule has 0 bridgehead atoms. The van der Waals surface area contributed by atoms with Crippen molar-refractivity contribution in [3.8, 4) is 0 Å². The number of nitrogens with zero attached hydrogens (tertiary/aromatic N) is 1. The van der Waals surface area contributed by atoms with Crippen molar-refractivity contribution in [3.05, 3.63) is 69.7 Å². The molecule has 0 radical (unpaired) electrons. The van der Waals surface area contributed by atoms with Gasteiger partial charge >= 0.3 is 11.9 Å². The first-order valence-corrected chi connectivity index (χ1v) is 8.25. The van der Waals surface area contributed by atoms with Crippen LogP contribution in [0.1, 0.15) is 18.1 Å². The highest BCUT2D eigenvalue weighted by Gasteiger charge is 2.08.